The van der Waals surface area contributed by atoms with Gasteiger partial charge in [0.2, 0.25) is 0 Å². The lowest BCUT2D eigenvalue weighted by Crippen LogP contribution is -2.38. The van der Waals surface area contributed by atoms with E-state index in [1.165, 1.54) is 12.8 Å². The summed E-state index contributed by atoms with van der Waals surface area (Å²) in [5.41, 5.74) is 0.314. The van der Waals surface area contributed by atoms with Crippen molar-refractivity contribution in [2.45, 2.75) is 32.2 Å². The molecule has 1 atom stereocenters. The van der Waals surface area contributed by atoms with Crippen molar-refractivity contribution >= 4 is 23.7 Å². The highest BCUT2D eigenvalue weighted by Gasteiger charge is 2.38. The minimum atomic E-state index is 0.314. The fourth-order valence-corrected chi connectivity index (χ4v) is 2.91. The average Bonchev–Trinajstić information content (AvgIpc) is 2.29. The van der Waals surface area contributed by atoms with Gasteiger partial charge in [-0.2, -0.15) is 0 Å². The van der Waals surface area contributed by atoms with Crippen LogP contribution in [0.1, 0.15) is 26.7 Å². The molecule has 1 aliphatic rings. The largest absolute Gasteiger partial charge is 0.233 e. The van der Waals surface area contributed by atoms with Crippen LogP contribution in [-0.2, 0) is 0 Å². The van der Waals surface area contributed by atoms with E-state index >= 15 is 0 Å². The van der Waals surface area contributed by atoms with Crippen molar-refractivity contribution in [1.82, 2.24) is 8.61 Å². The second-order valence-corrected chi connectivity index (χ2v) is 5.05. The summed E-state index contributed by atoms with van der Waals surface area (Å²) in [6.45, 7) is 5.61. The monoisotopic (exact) mass is 208 g/mol. The van der Waals surface area contributed by atoms with E-state index < -0.39 is 0 Å². The van der Waals surface area contributed by atoms with Crippen LogP contribution >= 0.6 is 23.7 Å². The summed E-state index contributed by atoms with van der Waals surface area (Å²) < 4.78 is 4.51. The topological polar surface area (TPSA) is 6.48 Å². The van der Waals surface area contributed by atoms with Crippen molar-refractivity contribution in [2.75, 3.05) is 19.6 Å². The second kappa shape index (κ2) is 4.18. The number of hydrogen-bond donors (Lipinski definition) is 0. The summed E-state index contributed by atoms with van der Waals surface area (Å²) in [4.78, 5) is 0. The predicted molar refractivity (Wildman–Crippen MR) is 56.1 cm³/mol. The molecule has 1 fully saturated rings. The van der Waals surface area contributed by atoms with Gasteiger partial charge in [0.25, 0.3) is 0 Å². The standard InChI is InChI=1S/C8H17ClN2S/c1-4-5-8(2)6-11(7-9)12-10(8)3/h4-7H2,1-3H3. The molecule has 1 aliphatic heterocycles. The number of alkyl halides is 1. The molecule has 0 aromatic heterocycles. The quantitative estimate of drug-likeness (QED) is 0.400. The van der Waals surface area contributed by atoms with E-state index in [1.54, 1.807) is 12.1 Å². The summed E-state index contributed by atoms with van der Waals surface area (Å²) in [7, 11) is 2.15. The van der Waals surface area contributed by atoms with Crippen LogP contribution < -0.4 is 0 Å². The van der Waals surface area contributed by atoms with Crippen LogP contribution in [0.4, 0.5) is 0 Å². The van der Waals surface area contributed by atoms with Crippen molar-refractivity contribution in [3.05, 3.63) is 0 Å². The third-order valence-electron chi connectivity index (χ3n) is 2.44. The lowest BCUT2D eigenvalue weighted by molar-refractivity contribution is 0.245. The molecule has 0 amide bonds. The first-order chi connectivity index (χ1) is 5.62. The predicted octanol–water partition coefficient (Wildman–Crippen LogP) is 2.55. The Morgan fingerprint density at radius 2 is 2.25 bits per heavy atom. The van der Waals surface area contributed by atoms with Crippen LogP contribution in [-0.4, -0.2) is 33.7 Å². The van der Waals surface area contributed by atoms with Crippen molar-refractivity contribution in [3.63, 3.8) is 0 Å². The van der Waals surface area contributed by atoms with Gasteiger partial charge in [0, 0.05) is 24.2 Å². The summed E-state index contributed by atoms with van der Waals surface area (Å²) >= 11 is 7.53. The van der Waals surface area contributed by atoms with Crippen molar-refractivity contribution < 1.29 is 0 Å². The number of rotatable bonds is 3. The Balaban J connectivity index is 2.54. The summed E-state index contributed by atoms with van der Waals surface area (Å²) in [5.74, 6) is 0. The Bertz CT molecular complexity index is 156. The first-order valence-corrected chi connectivity index (χ1v) is 5.61. The minimum Gasteiger partial charge on any atom is -0.233 e. The minimum absolute atomic E-state index is 0.314. The Morgan fingerprint density at radius 1 is 1.58 bits per heavy atom. The molecule has 1 heterocycles. The van der Waals surface area contributed by atoms with Gasteiger partial charge in [-0.05, 0) is 20.4 Å². The molecule has 0 aromatic rings. The molecule has 2 nitrogen and oxygen atoms in total. The zero-order valence-electron chi connectivity index (χ0n) is 8.01. The average molecular weight is 209 g/mol. The zero-order valence-corrected chi connectivity index (χ0v) is 9.58. The highest BCUT2D eigenvalue weighted by Crippen LogP contribution is 2.37. The van der Waals surface area contributed by atoms with Crippen LogP contribution in [0.5, 0.6) is 0 Å². The third kappa shape index (κ3) is 2.08. The maximum Gasteiger partial charge on any atom is 0.0847 e. The molecule has 12 heavy (non-hydrogen) atoms. The van der Waals surface area contributed by atoms with Gasteiger partial charge in [-0.3, -0.25) is 0 Å². The number of hydrogen-bond acceptors (Lipinski definition) is 3. The lowest BCUT2D eigenvalue weighted by Gasteiger charge is -2.28. The normalized spacial score (nSPS) is 33.0. The van der Waals surface area contributed by atoms with Gasteiger partial charge in [-0.1, -0.05) is 13.3 Å². The van der Waals surface area contributed by atoms with Gasteiger partial charge in [0.1, 0.15) is 0 Å². The van der Waals surface area contributed by atoms with Crippen LogP contribution in [0, 0.1) is 0 Å². The zero-order chi connectivity index (χ0) is 9.19. The SMILES string of the molecule is CCCC1(C)CN(CCl)SN1C. The first kappa shape index (κ1) is 10.6. The molecule has 1 rings (SSSR count). The summed E-state index contributed by atoms with van der Waals surface area (Å²) in [6.07, 6.45) is 2.47. The van der Waals surface area contributed by atoms with Crippen LogP contribution in [0.3, 0.4) is 0 Å². The molecule has 0 spiro atoms. The highest BCUT2D eigenvalue weighted by molar-refractivity contribution is 7.95. The van der Waals surface area contributed by atoms with Crippen LogP contribution in [0.25, 0.3) is 0 Å². The maximum atomic E-state index is 5.78. The Hall–Kier alpha value is 0.560. The van der Waals surface area contributed by atoms with Crippen LogP contribution in [0.2, 0.25) is 0 Å². The molecule has 0 bridgehead atoms. The number of halogens is 1. The third-order valence-corrected chi connectivity index (χ3v) is 4.04. The van der Waals surface area contributed by atoms with E-state index in [2.05, 4.69) is 29.5 Å². The molecule has 0 N–H and O–H groups in total. The van der Waals surface area contributed by atoms with Gasteiger partial charge in [-0.15, -0.1) is 11.6 Å². The van der Waals surface area contributed by atoms with Gasteiger partial charge in [-0.25, -0.2) is 8.61 Å². The Morgan fingerprint density at radius 3 is 2.67 bits per heavy atom. The van der Waals surface area contributed by atoms with E-state index in [-0.39, 0.29) is 0 Å². The fourth-order valence-electron chi connectivity index (χ4n) is 1.62. The Kier molecular flexibility index (Phi) is 3.71. The number of nitrogens with zero attached hydrogens (tertiary/aromatic N) is 2. The molecule has 0 aliphatic carbocycles. The Labute approximate surface area is 84.5 Å². The molecule has 72 valence electrons. The molecule has 1 unspecified atom stereocenters. The van der Waals surface area contributed by atoms with Crippen molar-refractivity contribution in [1.29, 1.82) is 0 Å². The summed E-state index contributed by atoms with van der Waals surface area (Å²) in [6, 6.07) is 0.619. The molecular formula is C8H17ClN2S. The van der Waals surface area contributed by atoms with Crippen molar-refractivity contribution in [2.24, 2.45) is 0 Å². The van der Waals surface area contributed by atoms with E-state index in [1.807, 2.05) is 0 Å². The maximum absolute atomic E-state index is 5.78. The summed E-state index contributed by atoms with van der Waals surface area (Å²) in [5, 5.41) is 0. The first-order valence-electron chi connectivity index (χ1n) is 4.35. The molecule has 0 radical (unpaired) electrons. The molecular weight excluding hydrogens is 192 g/mol. The molecule has 1 saturated heterocycles. The second-order valence-electron chi connectivity index (χ2n) is 3.59. The van der Waals surface area contributed by atoms with Gasteiger partial charge in [0.15, 0.2) is 0 Å². The van der Waals surface area contributed by atoms with E-state index in [4.69, 9.17) is 11.6 Å². The van der Waals surface area contributed by atoms with Crippen LogP contribution in [0.15, 0.2) is 0 Å². The van der Waals surface area contributed by atoms with Gasteiger partial charge >= 0.3 is 0 Å². The van der Waals surface area contributed by atoms with Crippen molar-refractivity contribution in [3.8, 4) is 0 Å². The van der Waals surface area contributed by atoms with E-state index in [0.717, 1.165) is 6.54 Å². The fraction of sp³-hybridized carbons (Fsp3) is 1.00. The lowest BCUT2D eigenvalue weighted by atomic mass is 9.96. The molecule has 4 heteroatoms. The highest BCUT2D eigenvalue weighted by atomic mass is 35.5. The van der Waals surface area contributed by atoms with E-state index in [9.17, 15) is 0 Å². The van der Waals surface area contributed by atoms with Gasteiger partial charge < -0.3 is 0 Å². The molecule has 0 saturated carbocycles. The molecule has 0 aromatic carbocycles. The van der Waals surface area contributed by atoms with E-state index in [0.29, 0.717) is 11.5 Å². The number of likely N-dealkylation sites (N-methyl/N-ethyl adjacent to an activating group) is 1. The van der Waals surface area contributed by atoms with Gasteiger partial charge in [0.05, 0.1) is 6.00 Å². The smallest absolute Gasteiger partial charge is 0.0847 e.